The van der Waals surface area contributed by atoms with E-state index in [-0.39, 0.29) is 5.82 Å². The molecule has 0 fully saturated rings. The molecule has 1 unspecified atom stereocenters. The van der Waals surface area contributed by atoms with E-state index < -0.39 is 6.10 Å². The summed E-state index contributed by atoms with van der Waals surface area (Å²) in [5.41, 5.74) is 2.14. The summed E-state index contributed by atoms with van der Waals surface area (Å²) in [4.78, 5) is 0. The number of benzene rings is 2. The molecular weight excluding hydrogens is 255 g/mol. The van der Waals surface area contributed by atoms with Crippen LogP contribution in [0.5, 0.6) is 0 Å². The standard InChI is InChI=1S/C16H13FN2O/c17-13-8-6-12(7-9-13)16(20)15-10-11-18-19(15)14-4-2-1-3-5-14/h1-11,16,20H. The summed E-state index contributed by atoms with van der Waals surface area (Å²) in [6, 6.07) is 17.1. The Morgan fingerprint density at radius 1 is 0.950 bits per heavy atom. The normalized spacial score (nSPS) is 12.3. The van der Waals surface area contributed by atoms with Gasteiger partial charge in [0.1, 0.15) is 11.9 Å². The zero-order valence-electron chi connectivity index (χ0n) is 10.6. The van der Waals surface area contributed by atoms with Crippen LogP contribution in [0.4, 0.5) is 4.39 Å². The summed E-state index contributed by atoms with van der Waals surface area (Å²) in [6.45, 7) is 0. The molecule has 0 aliphatic carbocycles. The van der Waals surface area contributed by atoms with Crippen molar-refractivity contribution in [2.45, 2.75) is 6.10 Å². The van der Waals surface area contributed by atoms with Crippen LogP contribution in [-0.2, 0) is 0 Å². The van der Waals surface area contributed by atoms with Gasteiger partial charge in [-0.25, -0.2) is 9.07 Å². The number of nitrogens with zero attached hydrogens (tertiary/aromatic N) is 2. The highest BCUT2D eigenvalue weighted by Gasteiger charge is 2.16. The van der Waals surface area contributed by atoms with Crippen molar-refractivity contribution in [3.63, 3.8) is 0 Å². The van der Waals surface area contributed by atoms with Gasteiger partial charge >= 0.3 is 0 Å². The second kappa shape index (κ2) is 5.27. The van der Waals surface area contributed by atoms with Crippen LogP contribution in [0.1, 0.15) is 17.4 Å². The van der Waals surface area contributed by atoms with Gasteiger partial charge in [0.15, 0.2) is 0 Å². The van der Waals surface area contributed by atoms with E-state index in [1.54, 1.807) is 29.1 Å². The Balaban J connectivity index is 1.99. The van der Waals surface area contributed by atoms with Crippen LogP contribution in [0.2, 0.25) is 0 Å². The zero-order chi connectivity index (χ0) is 13.9. The van der Waals surface area contributed by atoms with Crippen LogP contribution >= 0.6 is 0 Å². The van der Waals surface area contributed by atoms with Gasteiger partial charge in [0, 0.05) is 6.20 Å². The number of halogens is 1. The molecule has 0 aliphatic heterocycles. The molecule has 3 rings (SSSR count). The molecule has 3 nitrogen and oxygen atoms in total. The number of aliphatic hydroxyl groups excluding tert-OH is 1. The molecule has 0 bridgehead atoms. The number of hydrogen-bond acceptors (Lipinski definition) is 2. The molecule has 0 saturated carbocycles. The van der Waals surface area contributed by atoms with Crippen LogP contribution < -0.4 is 0 Å². The third kappa shape index (κ3) is 2.33. The summed E-state index contributed by atoms with van der Waals surface area (Å²) < 4.78 is 14.6. The molecule has 1 heterocycles. The molecule has 4 heteroatoms. The predicted octanol–water partition coefficient (Wildman–Crippen LogP) is 3.09. The van der Waals surface area contributed by atoms with Gasteiger partial charge in [-0.2, -0.15) is 5.10 Å². The molecular formula is C16H13FN2O. The van der Waals surface area contributed by atoms with E-state index in [2.05, 4.69) is 5.10 Å². The summed E-state index contributed by atoms with van der Waals surface area (Å²) >= 11 is 0. The van der Waals surface area contributed by atoms with Crippen molar-refractivity contribution in [2.24, 2.45) is 0 Å². The van der Waals surface area contributed by atoms with Gasteiger partial charge in [0.25, 0.3) is 0 Å². The Hall–Kier alpha value is -2.46. The van der Waals surface area contributed by atoms with E-state index in [4.69, 9.17) is 0 Å². The van der Waals surface area contributed by atoms with E-state index >= 15 is 0 Å². The molecule has 3 aromatic rings. The molecule has 0 radical (unpaired) electrons. The fourth-order valence-electron chi connectivity index (χ4n) is 2.12. The zero-order valence-corrected chi connectivity index (χ0v) is 10.6. The lowest BCUT2D eigenvalue weighted by Gasteiger charge is -2.13. The smallest absolute Gasteiger partial charge is 0.123 e. The highest BCUT2D eigenvalue weighted by atomic mass is 19.1. The maximum absolute atomic E-state index is 12.9. The first kappa shape index (κ1) is 12.6. The molecule has 0 spiro atoms. The SMILES string of the molecule is OC(c1ccc(F)cc1)c1ccnn1-c1ccccc1. The third-order valence-corrected chi connectivity index (χ3v) is 3.14. The average molecular weight is 268 g/mol. The summed E-state index contributed by atoms with van der Waals surface area (Å²) in [5.74, 6) is -0.322. The minimum Gasteiger partial charge on any atom is -0.382 e. The van der Waals surface area contributed by atoms with Gasteiger partial charge in [0.2, 0.25) is 0 Å². The highest BCUT2D eigenvalue weighted by Crippen LogP contribution is 2.23. The second-order valence-electron chi connectivity index (χ2n) is 4.46. The number of aliphatic hydroxyl groups is 1. The van der Waals surface area contributed by atoms with Crippen molar-refractivity contribution in [1.82, 2.24) is 9.78 Å². The Labute approximate surface area is 115 Å². The lowest BCUT2D eigenvalue weighted by molar-refractivity contribution is 0.212. The minimum absolute atomic E-state index is 0.322. The number of aromatic nitrogens is 2. The lowest BCUT2D eigenvalue weighted by atomic mass is 10.1. The fraction of sp³-hybridized carbons (Fsp3) is 0.0625. The topological polar surface area (TPSA) is 38.1 Å². The number of hydrogen-bond donors (Lipinski definition) is 1. The first-order valence-electron chi connectivity index (χ1n) is 6.28. The maximum Gasteiger partial charge on any atom is 0.123 e. The van der Waals surface area contributed by atoms with Crippen LogP contribution in [0, 0.1) is 5.82 Å². The van der Waals surface area contributed by atoms with E-state index in [0.717, 1.165) is 5.69 Å². The van der Waals surface area contributed by atoms with Gasteiger partial charge < -0.3 is 5.11 Å². The molecule has 0 saturated heterocycles. The number of para-hydroxylation sites is 1. The summed E-state index contributed by atoms with van der Waals surface area (Å²) in [6.07, 6.45) is 0.785. The Morgan fingerprint density at radius 2 is 1.65 bits per heavy atom. The first-order valence-corrected chi connectivity index (χ1v) is 6.28. The Morgan fingerprint density at radius 3 is 2.35 bits per heavy atom. The molecule has 2 aromatic carbocycles. The van der Waals surface area contributed by atoms with Crippen molar-refractivity contribution in [3.8, 4) is 5.69 Å². The fourth-order valence-corrected chi connectivity index (χ4v) is 2.12. The van der Waals surface area contributed by atoms with E-state index in [1.165, 1.54) is 12.1 Å². The molecule has 1 aromatic heterocycles. The quantitative estimate of drug-likeness (QED) is 0.792. The van der Waals surface area contributed by atoms with E-state index in [0.29, 0.717) is 11.3 Å². The maximum atomic E-state index is 12.9. The van der Waals surface area contributed by atoms with Crippen molar-refractivity contribution in [1.29, 1.82) is 0 Å². The van der Waals surface area contributed by atoms with Gasteiger partial charge in [-0.1, -0.05) is 30.3 Å². The molecule has 1 atom stereocenters. The van der Waals surface area contributed by atoms with Crippen molar-refractivity contribution >= 4 is 0 Å². The van der Waals surface area contributed by atoms with Crippen molar-refractivity contribution < 1.29 is 9.50 Å². The molecule has 0 amide bonds. The molecule has 1 N–H and O–H groups in total. The molecule has 100 valence electrons. The second-order valence-corrected chi connectivity index (χ2v) is 4.46. The van der Waals surface area contributed by atoms with Crippen LogP contribution in [0.15, 0.2) is 66.9 Å². The van der Waals surface area contributed by atoms with E-state index in [9.17, 15) is 9.50 Å². The molecule has 20 heavy (non-hydrogen) atoms. The van der Waals surface area contributed by atoms with Crippen molar-refractivity contribution in [2.75, 3.05) is 0 Å². The minimum atomic E-state index is -0.849. The van der Waals surface area contributed by atoms with Gasteiger partial charge in [-0.15, -0.1) is 0 Å². The van der Waals surface area contributed by atoms with Crippen LogP contribution in [-0.4, -0.2) is 14.9 Å². The largest absolute Gasteiger partial charge is 0.382 e. The highest BCUT2D eigenvalue weighted by molar-refractivity contribution is 5.35. The van der Waals surface area contributed by atoms with Gasteiger partial charge in [-0.05, 0) is 35.9 Å². The van der Waals surface area contributed by atoms with Gasteiger partial charge in [-0.3, -0.25) is 0 Å². The van der Waals surface area contributed by atoms with E-state index in [1.807, 2.05) is 30.3 Å². The summed E-state index contributed by atoms with van der Waals surface area (Å²) in [7, 11) is 0. The number of rotatable bonds is 3. The first-order chi connectivity index (χ1) is 9.75. The van der Waals surface area contributed by atoms with Crippen LogP contribution in [0.25, 0.3) is 5.69 Å². The Kier molecular flexibility index (Phi) is 3.31. The molecule has 0 aliphatic rings. The monoisotopic (exact) mass is 268 g/mol. The lowest BCUT2D eigenvalue weighted by Crippen LogP contribution is -2.08. The average Bonchev–Trinajstić information content (AvgIpc) is 2.97. The predicted molar refractivity (Wildman–Crippen MR) is 74.0 cm³/mol. The third-order valence-electron chi connectivity index (χ3n) is 3.14. The van der Waals surface area contributed by atoms with Crippen LogP contribution in [0.3, 0.4) is 0 Å². The summed E-state index contributed by atoms with van der Waals surface area (Å²) in [5, 5.41) is 14.7. The van der Waals surface area contributed by atoms with Crippen molar-refractivity contribution in [3.05, 3.63) is 83.9 Å². The Bertz CT molecular complexity index is 692. The van der Waals surface area contributed by atoms with Gasteiger partial charge in [0.05, 0.1) is 11.4 Å².